The second-order valence-corrected chi connectivity index (χ2v) is 3.78. The van der Waals surface area contributed by atoms with Gasteiger partial charge in [-0.3, -0.25) is 0 Å². The van der Waals surface area contributed by atoms with Gasteiger partial charge in [0.25, 0.3) is 0 Å². The Bertz CT molecular complexity index is 318. The van der Waals surface area contributed by atoms with Crippen molar-refractivity contribution >= 4 is 12.4 Å². The van der Waals surface area contributed by atoms with Gasteiger partial charge in [-0.25, -0.2) is 8.78 Å². The summed E-state index contributed by atoms with van der Waals surface area (Å²) < 4.78 is 25.6. The summed E-state index contributed by atoms with van der Waals surface area (Å²) in [5.41, 5.74) is 6.54. The summed E-state index contributed by atoms with van der Waals surface area (Å²) in [6.45, 7) is 2.11. The van der Waals surface area contributed by atoms with E-state index in [0.717, 1.165) is 31.7 Å². The third kappa shape index (κ3) is 4.45. The third-order valence-corrected chi connectivity index (χ3v) is 2.49. The normalized spacial score (nSPS) is 12.0. The van der Waals surface area contributed by atoms with Crippen LogP contribution >= 0.6 is 12.4 Å². The molecular weight excluding hydrogens is 232 g/mol. The number of benzene rings is 1. The number of hydrogen-bond acceptors (Lipinski definition) is 1. The highest BCUT2D eigenvalue weighted by molar-refractivity contribution is 5.85. The van der Waals surface area contributed by atoms with Crippen LogP contribution in [-0.4, -0.2) is 0 Å². The summed E-state index contributed by atoms with van der Waals surface area (Å²) in [7, 11) is 0. The maximum absolute atomic E-state index is 12.9. The molecule has 4 heteroatoms. The van der Waals surface area contributed by atoms with Crippen LogP contribution in [0.1, 0.15) is 44.2 Å². The molecule has 0 saturated carbocycles. The topological polar surface area (TPSA) is 26.0 Å². The largest absolute Gasteiger partial charge is 0.324 e. The third-order valence-electron chi connectivity index (χ3n) is 2.49. The van der Waals surface area contributed by atoms with Gasteiger partial charge in [0.05, 0.1) is 0 Å². The molecule has 0 bridgehead atoms. The number of rotatable bonds is 5. The lowest BCUT2D eigenvalue weighted by molar-refractivity contribution is 0.502. The second kappa shape index (κ2) is 7.58. The van der Waals surface area contributed by atoms with Crippen LogP contribution in [0, 0.1) is 11.6 Å². The number of hydrogen-bond donors (Lipinski definition) is 1. The van der Waals surface area contributed by atoms with Crippen LogP contribution in [0.25, 0.3) is 0 Å². The van der Waals surface area contributed by atoms with Crippen LogP contribution in [0.5, 0.6) is 0 Å². The summed E-state index contributed by atoms with van der Waals surface area (Å²) in [6.07, 6.45) is 4.09. The van der Waals surface area contributed by atoms with Crippen LogP contribution in [0.3, 0.4) is 0 Å². The van der Waals surface area contributed by atoms with Gasteiger partial charge >= 0.3 is 0 Å². The smallest absolute Gasteiger partial charge is 0.159 e. The van der Waals surface area contributed by atoms with Crippen LogP contribution in [0.4, 0.5) is 8.78 Å². The highest BCUT2D eigenvalue weighted by atomic mass is 35.5. The molecule has 2 N–H and O–H groups in total. The molecule has 0 aromatic heterocycles. The molecule has 0 aliphatic carbocycles. The molecule has 1 aromatic carbocycles. The SMILES string of the molecule is CCCCCC(N)c1ccc(F)c(F)c1.Cl. The van der Waals surface area contributed by atoms with Crippen LogP contribution in [0.2, 0.25) is 0 Å². The average molecular weight is 250 g/mol. The Morgan fingerprint density at radius 2 is 1.88 bits per heavy atom. The van der Waals surface area contributed by atoms with E-state index in [2.05, 4.69) is 6.92 Å². The molecule has 0 amide bonds. The van der Waals surface area contributed by atoms with E-state index in [4.69, 9.17) is 5.73 Å². The van der Waals surface area contributed by atoms with Crippen molar-refractivity contribution in [3.8, 4) is 0 Å². The summed E-state index contributed by atoms with van der Waals surface area (Å²) in [5, 5.41) is 0. The molecule has 0 fully saturated rings. The second-order valence-electron chi connectivity index (χ2n) is 3.78. The molecule has 1 nitrogen and oxygen atoms in total. The minimum atomic E-state index is -0.821. The summed E-state index contributed by atoms with van der Waals surface area (Å²) in [4.78, 5) is 0. The highest BCUT2D eigenvalue weighted by Crippen LogP contribution is 2.19. The lowest BCUT2D eigenvalue weighted by Crippen LogP contribution is -2.10. The predicted molar refractivity (Wildman–Crippen MR) is 64.7 cm³/mol. The maximum Gasteiger partial charge on any atom is 0.159 e. The van der Waals surface area contributed by atoms with E-state index < -0.39 is 11.6 Å². The van der Waals surface area contributed by atoms with Crippen molar-refractivity contribution in [2.75, 3.05) is 0 Å². The summed E-state index contributed by atoms with van der Waals surface area (Å²) >= 11 is 0. The zero-order chi connectivity index (χ0) is 11.3. The van der Waals surface area contributed by atoms with E-state index in [1.54, 1.807) is 6.07 Å². The van der Waals surface area contributed by atoms with Crippen LogP contribution in [-0.2, 0) is 0 Å². The molecule has 0 aliphatic heterocycles. The van der Waals surface area contributed by atoms with E-state index in [0.29, 0.717) is 5.56 Å². The quantitative estimate of drug-likeness (QED) is 0.786. The standard InChI is InChI=1S/C12H17F2N.ClH/c1-2-3-4-5-12(15)9-6-7-10(13)11(14)8-9;/h6-8,12H,2-5,15H2,1H3;1H. The number of nitrogens with two attached hydrogens (primary N) is 1. The first-order valence-electron chi connectivity index (χ1n) is 5.35. The Morgan fingerprint density at radius 1 is 1.19 bits per heavy atom. The van der Waals surface area contributed by atoms with Gasteiger partial charge in [0, 0.05) is 6.04 Å². The highest BCUT2D eigenvalue weighted by Gasteiger charge is 2.08. The van der Waals surface area contributed by atoms with Crippen molar-refractivity contribution in [3.05, 3.63) is 35.4 Å². The molecule has 0 radical (unpaired) electrons. The average Bonchev–Trinajstić information content (AvgIpc) is 2.22. The van der Waals surface area contributed by atoms with Gasteiger partial charge in [0.2, 0.25) is 0 Å². The van der Waals surface area contributed by atoms with Crippen LogP contribution < -0.4 is 5.73 Å². The van der Waals surface area contributed by atoms with Crippen molar-refractivity contribution in [1.82, 2.24) is 0 Å². The van der Waals surface area contributed by atoms with Gasteiger partial charge < -0.3 is 5.73 Å². The first-order valence-corrected chi connectivity index (χ1v) is 5.35. The molecule has 1 rings (SSSR count). The minimum absolute atomic E-state index is 0. The zero-order valence-electron chi connectivity index (χ0n) is 9.38. The molecule has 0 aliphatic rings. The number of halogens is 3. The Balaban J connectivity index is 0.00000225. The van der Waals surface area contributed by atoms with E-state index in [1.807, 2.05) is 0 Å². The zero-order valence-corrected chi connectivity index (χ0v) is 10.2. The molecule has 0 saturated heterocycles. The van der Waals surface area contributed by atoms with Crippen molar-refractivity contribution in [1.29, 1.82) is 0 Å². The van der Waals surface area contributed by atoms with Crippen LogP contribution in [0.15, 0.2) is 18.2 Å². The minimum Gasteiger partial charge on any atom is -0.324 e. The lowest BCUT2D eigenvalue weighted by atomic mass is 10.0. The monoisotopic (exact) mass is 249 g/mol. The molecule has 0 heterocycles. The van der Waals surface area contributed by atoms with Crippen molar-refractivity contribution in [2.45, 2.75) is 38.6 Å². The Labute approximate surface area is 101 Å². The lowest BCUT2D eigenvalue weighted by Gasteiger charge is -2.11. The Hall–Kier alpha value is -0.670. The van der Waals surface area contributed by atoms with E-state index in [-0.39, 0.29) is 18.4 Å². The molecular formula is C12H18ClF2N. The Morgan fingerprint density at radius 3 is 2.44 bits per heavy atom. The van der Waals surface area contributed by atoms with Gasteiger partial charge in [-0.2, -0.15) is 0 Å². The maximum atomic E-state index is 12.9. The predicted octanol–water partition coefficient (Wildman–Crippen LogP) is 3.97. The molecule has 1 unspecified atom stereocenters. The van der Waals surface area contributed by atoms with Crippen molar-refractivity contribution in [2.24, 2.45) is 5.73 Å². The summed E-state index contributed by atoms with van der Waals surface area (Å²) in [5.74, 6) is -1.64. The Kier molecular flexibility index (Phi) is 7.26. The van der Waals surface area contributed by atoms with Gasteiger partial charge in [-0.05, 0) is 24.1 Å². The fourth-order valence-corrected chi connectivity index (χ4v) is 1.52. The number of unbranched alkanes of at least 4 members (excludes halogenated alkanes) is 2. The van der Waals surface area contributed by atoms with E-state index in [1.165, 1.54) is 6.07 Å². The molecule has 0 spiro atoms. The van der Waals surface area contributed by atoms with Gasteiger partial charge in [-0.15, -0.1) is 12.4 Å². The molecule has 1 atom stereocenters. The first kappa shape index (κ1) is 15.3. The summed E-state index contributed by atoms with van der Waals surface area (Å²) in [6, 6.07) is 3.68. The molecule has 1 aromatic rings. The van der Waals surface area contributed by atoms with Gasteiger partial charge in [0.15, 0.2) is 11.6 Å². The van der Waals surface area contributed by atoms with Crippen molar-refractivity contribution in [3.63, 3.8) is 0 Å². The van der Waals surface area contributed by atoms with Crippen molar-refractivity contribution < 1.29 is 8.78 Å². The molecule has 92 valence electrons. The fraction of sp³-hybridized carbons (Fsp3) is 0.500. The van der Waals surface area contributed by atoms with Gasteiger partial charge in [-0.1, -0.05) is 32.3 Å². The molecule has 16 heavy (non-hydrogen) atoms. The first-order chi connectivity index (χ1) is 7.15. The van der Waals surface area contributed by atoms with Gasteiger partial charge in [0.1, 0.15) is 0 Å². The fourth-order valence-electron chi connectivity index (χ4n) is 1.52. The van der Waals surface area contributed by atoms with E-state index >= 15 is 0 Å². The van der Waals surface area contributed by atoms with E-state index in [9.17, 15) is 8.78 Å².